The molecule has 1 amide bonds. The first-order chi connectivity index (χ1) is 9.56. The summed E-state index contributed by atoms with van der Waals surface area (Å²) in [6, 6.07) is 10.9. The number of carbonyl (C=O) groups is 1. The van der Waals surface area contributed by atoms with E-state index in [1.54, 1.807) is 36.4 Å². The van der Waals surface area contributed by atoms with Crippen molar-refractivity contribution < 1.29 is 9.18 Å². The fraction of sp³-hybridized carbons (Fsp3) is 0. The predicted octanol–water partition coefficient (Wildman–Crippen LogP) is 4.01. The summed E-state index contributed by atoms with van der Waals surface area (Å²) in [6.07, 6.45) is 1.42. The number of benzene rings is 2. The highest BCUT2D eigenvalue weighted by Gasteiger charge is 2.04. The zero-order valence-corrected chi connectivity index (χ0v) is 12.5. The number of carbonyl (C=O) groups excluding carboxylic acids is 1. The highest BCUT2D eigenvalue weighted by atomic mass is 79.9. The molecule has 0 saturated carbocycles. The minimum atomic E-state index is -0.370. The smallest absolute Gasteiger partial charge is 0.267 e. The zero-order chi connectivity index (χ0) is 14.5. The fourth-order valence-corrected chi connectivity index (χ4v) is 2.04. The van der Waals surface area contributed by atoms with Crippen molar-refractivity contribution in [2.75, 3.05) is 0 Å². The average molecular weight is 356 g/mol. The lowest BCUT2D eigenvalue weighted by Crippen LogP contribution is -2.17. The molecule has 2 aromatic carbocycles. The summed E-state index contributed by atoms with van der Waals surface area (Å²) in [6.45, 7) is 0. The van der Waals surface area contributed by atoms with Gasteiger partial charge in [-0.25, -0.2) is 9.82 Å². The van der Waals surface area contributed by atoms with Gasteiger partial charge in [-0.2, -0.15) is 5.10 Å². The molecule has 0 aliphatic heterocycles. The summed E-state index contributed by atoms with van der Waals surface area (Å²) in [5, 5.41) is 4.28. The van der Waals surface area contributed by atoms with E-state index in [0.717, 1.165) is 0 Å². The first-order valence-corrected chi connectivity index (χ1v) is 6.77. The van der Waals surface area contributed by atoms with E-state index in [4.69, 9.17) is 11.6 Å². The van der Waals surface area contributed by atoms with Crippen LogP contribution in [0.4, 0.5) is 4.39 Å². The van der Waals surface area contributed by atoms with Gasteiger partial charge in [-0.1, -0.05) is 23.7 Å². The molecule has 0 fully saturated rings. The third-order valence-electron chi connectivity index (χ3n) is 2.41. The number of amides is 1. The third-order valence-corrected chi connectivity index (χ3v) is 3.25. The molecule has 3 nitrogen and oxygen atoms in total. The van der Waals surface area contributed by atoms with Gasteiger partial charge in [0, 0.05) is 10.6 Å². The normalized spacial score (nSPS) is 10.8. The molecule has 102 valence electrons. The summed E-state index contributed by atoms with van der Waals surface area (Å²) in [4.78, 5) is 11.8. The van der Waals surface area contributed by atoms with Crippen LogP contribution in [-0.4, -0.2) is 12.1 Å². The molecular formula is C14H9BrClFN2O. The second kappa shape index (κ2) is 6.63. The summed E-state index contributed by atoms with van der Waals surface area (Å²) in [5.41, 5.74) is 3.44. The Bertz CT molecular complexity index is 676. The van der Waals surface area contributed by atoms with Crippen LogP contribution in [0.2, 0.25) is 5.02 Å². The SMILES string of the molecule is O=C(N/N=C\c1ccc(F)c(Br)c1)c1cccc(Cl)c1. The Morgan fingerprint density at radius 3 is 2.80 bits per heavy atom. The number of hydrogen-bond donors (Lipinski definition) is 1. The largest absolute Gasteiger partial charge is 0.271 e. The summed E-state index contributed by atoms with van der Waals surface area (Å²) >= 11 is 8.86. The third kappa shape index (κ3) is 3.88. The quantitative estimate of drug-likeness (QED) is 0.656. The first kappa shape index (κ1) is 14.7. The topological polar surface area (TPSA) is 41.5 Å². The molecule has 2 aromatic rings. The molecular weight excluding hydrogens is 347 g/mol. The standard InChI is InChI=1S/C14H9BrClFN2O/c15-12-6-9(4-5-13(12)17)8-18-19-14(20)10-2-1-3-11(16)7-10/h1-8H,(H,19,20)/b18-8-. The van der Waals surface area contributed by atoms with E-state index in [1.807, 2.05) is 0 Å². The predicted molar refractivity (Wildman–Crippen MR) is 80.6 cm³/mol. The highest BCUT2D eigenvalue weighted by Crippen LogP contribution is 2.15. The lowest BCUT2D eigenvalue weighted by molar-refractivity contribution is 0.0955. The van der Waals surface area contributed by atoms with Crippen molar-refractivity contribution >= 4 is 39.7 Å². The number of nitrogens with zero attached hydrogens (tertiary/aromatic N) is 1. The summed E-state index contributed by atoms with van der Waals surface area (Å²) in [5.74, 6) is -0.727. The number of hydrazone groups is 1. The second-order valence-corrected chi connectivity index (χ2v) is 5.17. The van der Waals surface area contributed by atoms with Gasteiger partial charge in [0.1, 0.15) is 5.82 Å². The van der Waals surface area contributed by atoms with Gasteiger partial charge in [-0.15, -0.1) is 0 Å². The minimum Gasteiger partial charge on any atom is -0.267 e. The molecule has 20 heavy (non-hydrogen) atoms. The Morgan fingerprint density at radius 2 is 2.10 bits per heavy atom. The molecule has 0 radical (unpaired) electrons. The van der Waals surface area contributed by atoms with Gasteiger partial charge in [-0.3, -0.25) is 4.79 Å². The van der Waals surface area contributed by atoms with Crippen LogP contribution in [0.15, 0.2) is 52.0 Å². The molecule has 0 unspecified atom stereocenters. The molecule has 2 rings (SSSR count). The van der Waals surface area contributed by atoms with Crippen LogP contribution in [0.3, 0.4) is 0 Å². The van der Waals surface area contributed by atoms with Crippen LogP contribution in [-0.2, 0) is 0 Å². The van der Waals surface area contributed by atoms with Crippen molar-refractivity contribution in [1.29, 1.82) is 0 Å². The van der Waals surface area contributed by atoms with Gasteiger partial charge in [-0.05, 0) is 51.8 Å². The number of rotatable bonds is 3. The van der Waals surface area contributed by atoms with E-state index in [9.17, 15) is 9.18 Å². The second-order valence-electron chi connectivity index (χ2n) is 3.88. The van der Waals surface area contributed by atoms with Gasteiger partial charge in [0.2, 0.25) is 0 Å². The maximum absolute atomic E-state index is 13.0. The monoisotopic (exact) mass is 354 g/mol. The van der Waals surface area contributed by atoms with Gasteiger partial charge in [0.15, 0.2) is 0 Å². The molecule has 0 heterocycles. The Hall–Kier alpha value is -1.72. The van der Waals surface area contributed by atoms with E-state index in [-0.39, 0.29) is 11.7 Å². The molecule has 0 atom stereocenters. The summed E-state index contributed by atoms with van der Waals surface area (Å²) in [7, 11) is 0. The molecule has 0 saturated heterocycles. The maximum Gasteiger partial charge on any atom is 0.271 e. The molecule has 1 N–H and O–H groups in total. The number of halogens is 3. The van der Waals surface area contributed by atoms with E-state index < -0.39 is 0 Å². The van der Waals surface area contributed by atoms with Crippen LogP contribution in [0, 0.1) is 5.82 Å². The van der Waals surface area contributed by atoms with E-state index in [1.165, 1.54) is 12.3 Å². The van der Waals surface area contributed by atoms with Crippen molar-refractivity contribution in [3.05, 3.63) is 68.9 Å². The highest BCUT2D eigenvalue weighted by molar-refractivity contribution is 9.10. The fourth-order valence-electron chi connectivity index (χ4n) is 1.45. The van der Waals surface area contributed by atoms with Crippen molar-refractivity contribution in [3.63, 3.8) is 0 Å². The zero-order valence-electron chi connectivity index (χ0n) is 10.1. The first-order valence-electron chi connectivity index (χ1n) is 5.60. The van der Waals surface area contributed by atoms with Crippen LogP contribution in [0.5, 0.6) is 0 Å². The number of hydrogen-bond acceptors (Lipinski definition) is 2. The molecule has 0 bridgehead atoms. The van der Waals surface area contributed by atoms with Gasteiger partial charge >= 0.3 is 0 Å². The minimum absolute atomic E-state index is 0.336. The van der Waals surface area contributed by atoms with E-state index >= 15 is 0 Å². The van der Waals surface area contributed by atoms with Crippen molar-refractivity contribution in [3.8, 4) is 0 Å². The van der Waals surface area contributed by atoms with Crippen LogP contribution >= 0.6 is 27.5 Å². The molecule has 0 spiro atoms. The Kier molecular flexibility index (Phi) is 4.87. The van der Waals surface area contributed by atoms with Crippen molar-refractivity contribution in [2.24, 2.45) is 5.10 Å². The molecule has 0 aromatic heterocycles. The Balaban J connectivity index is 2.02. The molecule has 6 heteroatoms. The van der Waals surface area contributed by atoms with Crippen LogP contribution in [0.1, 0.15) is 15.9 Å². The lowest BCUT2D eigenvalue weighted by atomic mass is 10.2. The summed E-state index contributed by atoms with van der Waals surface area (Å²) < 4.78 is 13.4. The van der Waals surface area contributed by atoms with Crippen LogP contribution < -0.4 is 5.43 Å². The van der Waals surface area contributed by atoms with Gasteiger partial charge in [0.25, 0.3) is 5.91 Å². The van der Waals surface area contributed by atoms with Crippen molar-refractivity contribution in [2.45, 2.75) is 0 Å². The van der Waals surface area contributed by atoms with Gasteiger partial charge in [0.05, 0.1) is 10.7 Å². The lowest BCUT2D eigenvalue weighted by Gasteiger charge is -2.00. The molecule has 0 aliphatic rings. The maximum atomic E-state index is 13.0. The van der Waals surface area contributed by atoms with E-state index in [2.05, 4.69) is 26.5 Å². The molecule has 0 aliphatic carbocycles. The number of nitrogens with one attached hydrogen (secondary N) is 1. The van der Waals surface area contributed by atoms with E-state index in [0.29, 0.717) is 20.6 Å². The Morgan fingerprint density at radius 1 is 1.30 bits per heavy atom. The Labute approximate surface area is 128 Å². The van der Waals surface area contributed by atoms with Gasteiger partial charge < -0.3 is 0 Å². The average Bonchev–Trinajstić information content (AvgIpc) is 2.42. The van der Waals surface area contributed by atoms with Crippen LogP contribution in [0.25, 0.3) is 0 Å². The van der Waals surface area contributed by atoms with Crippen molar-refractivity contribution in [1.82, 2.24) is 5.43 Å².